The number of hydrogen-bond acceptors (Lipinski definition) is 6. The first-order chi connectivity index (χ1) is 9.31. The molecule has 0 fully saturated rings. The Balaban J connectivity index is 3.15. The number of nitrogen functional groups attached to an aromatic ring is 1. The minimum Gasteiger partial charge on any atom is -0.454 e. The first-order valence-corrected chi connectivity index (χ1v) is 5.69. The largest absolute Gasteiger partial charge is 0.454 e. The van der Waals surface area contributed by atoms with E-state index in [-0.39, 0.29) is 11.4 Å². The van der Waals surface area contributed by atoms with Gasteiger partial charge >= 0.3 is 11.7 Å². The van der Waals surface area contributed by atoms with E-state index in [2.05, 4.69) is 4.74 Å². The standard InChI is InChI=1S/C12H15N3O5/c1-4-5-8(17)20-6-7(16)9-10(13)14(2)12(19)15(3)11(9)18/h4-5H,6,13H2,1-3H3/b5-4+. The molecular formula is C12H15N3O5. The van der Waals surface area contributed by atoms with Gasteiger partial charge in [0, 0.05) is 20.2 Å². The molecule has 8 heteroatoms. The van der Waals surface area contributed by atoms with Gasteiger partial charge in [0.25, 0.3) is 5.56 Å². The number of rotatable bonds is 4. The lowest BCUT2D eigenvalue weighted by Crippen LogP contribution is -2.42. The van der Waals surface area contributed by atoms with Crippen LogP contribution >= 0.6 is 0 Å². The molecule has 0 spiro atoms. The number of ketones is 1. The Bertz CT molecular complexity index is 696. The molecule has 0 unspecified atom stereocenters. The summed E-state index contributed by atoms with van der Waals surface area (Å²) < 4.78 is 6.39. The van der Waals surface area contributed by atoms with E-state index in [1.54, 1.807) is 6.92 Å². The quantitative estimate of drug-likeness (QED) is 0.429. The number of aromatic nitrogens is 2. The molecule has 1 heterocycles. The van der Waals surface area contributed by atoms with Gasteiger partial charge in [-0.1, -0.05) is 6.08 Å². The number of anilines is 1. The smallest absolute Gasteiger partial charge is 0.332 e. The second-order valence-electron chi connectivity index (χ2n) is 4.00. The molecule has 0 amide bonds. The number of nitrogens with zero attached hydrogens (tertiary/aromatic N) is 2. The fraction of sp³-hybridized carbons (Fsp3) is 0.333. The summed E-state index contributed by atoms with van der Waals surface area (Å²) in [4.78, 5) is 46.5. The summed E-state index contributed by atoms with van der Waals surface area (Å²) in [7, 11) is 2.56. The molecule has 0 aliphatic carbocycles. The summed E-state index contributed by atoms with van der Waals surface area (Å²) in [5, 5.41) is 0. The molecule has 0 aromatic carbocycles. The van der Waals surface area contributed by atoms with Crippen LogP contribution < -0.4 is 17.0 Å². The van der Waals surface area contributed by atoms with Crippen molar-refractivity contribution in [2.45, 2.75) is 6.92 Å². The Morgan fingerprint density at radius 1 is 1.25 bits per heavy atom. The summed E-state index contributed by atoms with van der Waals surface area (Å²) in [5.41, 5.74) is 3.76. The van der Waals surface area contributed by atoms with Gasteiger partial charge < -0.3 is 10.5 Å². The monoisotopic (exact) mass is 281 g/mol. The maximum Gasteiger partial charge on any atom is 0.332 e. The van der Waals surface area contributed by atoms with Gasteiger partial charge in [-0.05, 0) is 6.92 Å². The highest BCUT2D eigenvalue weighted by atomic mass is 16.5. The molecule has 0 radical (unpaired) electrons. The van der Waals surface area contributed by atoms with Crippen molar-refractivity contribution in [2.24, 2.45) is 14.1 Å². The van der Waals surface area contributed by atoms with Crippen molar-refractivity contribution >= 4 is 17.6 Å². The molecule has 1 aromatic rings. The van der Waals surface area contributed by atoms with Crippen LogP contribution in [0.2, 0.25) is 0 Å². The fourth-order valence-electron chi connectivity index (χ4n) is 1.52. The van der Waals surface area contributed by atoms with Crippen molar-refractivity contribution in [3.05, 3.63) is 38.6 Å². The minimum absolute atomic E-state index is 0.259. The molecule has 20 heavy (non-hydrogen) atoms. The highest BCUT2D eigenvalue weighted by Gasteiger charge is 2.20. The Labute approximate surface area is 114 Å². The molecule has 1 rings (SSSR count). The third-order valence-electron chi connectivity index (χ3n) is 2.64. The number of hydrogen-bond donors (Lipinski definition) is 1. The number of nitrogens with two attached hydrogens (primary N) is 1. The number of carbonyl (C=O) groups excluding carboxylic acids is 2. The maximum atomic E-state index is 11.9. The average Bonchev–Trinajstić information content (AvgIpc) is 2.41. The topological polar surface area (TPSA) is 113 Å². The van der Waals surface area contributed by atoms with Crippen molar-refractivity contribution in [1.29, 1.82) is 0 Å². The molecule has 8 nitrogen and oxygen atoms in total. The van der Waals surface area contributed by atoms with E-state index < -0.39 is 29.6 Å². The average molecular weight is 281 g/mol. The second-order valence-corrected chi connectivity index (χ2v) is 4.00. The van der Waals surface area contributed by atoms with Crippen molar-refractivity contribution in [3.63, 3.8) is 0 Å². The summed E-state index contributed by atoms with van der Waals surface area (Å²) in [5.74, 6) is -1.73. The summed E-state index contributed by atoms with van der Waals surface area (Å²) in [6, 6.07) is 0. The van der Waals surface area contributed by atoms with Crippen LogP contribution in [0.15, 0.2) is 21.7 Å². The van der Waals surface area contributed by atoms with Gasteiger partial charge in [0.2, 0.25) is 5.78 Å². The van der Waals surface area contributed by atoms with Crippen LogP contribution in [0.1, 0.15) is 17.3 Å². The van der Waals surface area contributed by atoms with Crippen molar-refractivity contribution < 1.29 is 14.3 Å². The lowest BCUT2D eigenvalue weighted by molar-refractivity contribution is -0.136. The van der Waals surface area contributed by atoms with E-state index in [4.69, 9.17) is 5.73 Å². The SMILES string of the molecule is C/C=C/C(=O)OCC(=O)c1c(N)n(C)c(=O)n(C)c1=O. The zero-order valence-corrected chi connectivity index (χ0v) is 11.4. The maximum absolute atomic E-state index is 11.9. The van der Waals surface area contributed by atoms with Crippen LogP contribution in [0.5, 0.6) is 0 Å². The zero-order valence-electron chi connectivity index (χ0n) is 11.4. The molecule has 108 valence electrons. The minimum atomic E-state index is -0.822. The predicted molar refractivity (Wildman–Crippen MR) is 71.4 cm³/mol. The van der Waals surface area contributed by atoms with Crippen LogP contribution in [0.3, 0.4) is 0 Å². The Morgan fingerprint density at radius 3 is 2.40 bits per heavy atom. The zero-order chi connectivity index (χ0) is 15.4. The first kappa shape index (κ1) is 15.4. The molecule has 0 saturated heterocycles. The molecule has 0 aliphatic heterocycles. The van der Waals surface area contributed by atoms with Crippen molar-refractivity contribution in [1.82, 2.24) is 9.13 Å². The summed E-state index contributed by atoms with van der Waals surface area (Å²) in [6.45, 7) is 0.991. The van der Waals surface area contributed by atoms with E-state index in [1.165, 1.54) is 20.2 Å². The molecule has 0 atom stereocenters. The number of ether oxygens (including phenoxy) is 1. The Hall–Kier alpha value is -2.64. The normalized spacial score (nSPS) is 10.8. The molecule has 2 N–H and O–H groups in total. The third-order valence-corrected chi connectivity index (χ3v) is 2.64. The summed E-state index contributed by atoms with van der Waals surface area (Å²) in [6.07, 6.45) is 2.59. The highest BCUT2D eigenvalue weighted by Crippen LogP contribution is 2.04. The Kier molecular flexibility index (Phi) is 4.63. The van der Waals surface area contributed by atoms with Crippen LogP contribution in [0, 0.1) is 0 Å². The lowest BCUT2D eigenvalue weighted by atomic mass is 10.2. The summed E-state index contributed by atoms with van der Waals surface area (Å²) >= 11 is 0. The van der Waals surface area contributed by atoms with E-state index >= 15 is 0 Å². The van der Waals surface area contributed by atoms with Gasteiger partial charge in [-0.3, -0.25) is 18.7 Å². The highest BCUT2D eigenvalue weighted by molar-refractivity contribution is 6.01. The Morgan fingerprint density at radius 2 is 1.85 bits per heavy atom. The van der Waals surface area contributed by atoms with Gasteiger partial charge in [0.05, 0.1) is 0 Å². The van der Waals surface area contributed by atoms with Gasteiger partial charge in [-0.15, -0.1) is 0 Å². The van der Waals surface area contributed by atoms with Crippen molar-refractivity contribution in [3.8, 4) is 0 Å². The van der Waals surface area contributed by atoms with Gasteiger partial charge in [0.1, 0.15) is 11.4 Å². The molecular weight excluding hydrogens is 266 g/mol. The van der Waals surface area contributed by atoms with E-state index in [9.17, 15) is 19.2 Å². The second kappa shape index (κ2) is 6.00. The number of esters is 1. The predicted octanol–water partition coefficient (Wildman–Crippen LogP) is -1.03. The number of Topliss-reactive ketones (excluding diaryl/α,β-unsaturated/α-hetero) is 1. The van der Waals surface area contributed by atoms with Crippen LogP contribution in [0.25, 0.3) is 0 Å². The van der Waals surface area contributed by atoms with Crippen molar-refractivity contribution in [2.75, 3.05) is 12.3 Å². The number of allylic oxidation sites excluding steroid dienone is 1. The van der Waals surface area contributed by atoms with Crippen LogP contribution in [-0.4, -0.2) is 27.5 Å². The molecule has 1 aromatic heterocycles. The molecule has 0 bridgehead atoms. The van der Waals surface area contributed by atoms with E-state index in [1.807, 2.05) is 0 Å². The lowest BCUT2D eigenvalue weighted by Gasteiger charge is -2.10. The van der Waals surface area contributed by atoms with E-state index in [0.717, 1.165) is 15.2 Å². The fourth-order valence-corrected chi connectivity index (χ4v) is 1.52. The third kappa shape index (κ3) is 2.85. The van der Waals surface area contributed by atoms with Gasteiger partial charge in [0.15, 0.2) is 6.61 Å². The van der Waals surface area contributed by atoms with Gasteiger partial charge in [-0.2, -0.15) is 0 Å². The molecule has 0 saturated carbocycles. The van der Waals surface area contributed by atoms with Gasteiger partial charge in [-0.25, -0.2) is 9.59 Å². The molecule has 0 aliphatic rings. The van der Waals surface area contributed by atoms with E-state index in [0.29, 0.717) is 0 Å². The van der Waals surface area contributed by atoms with Crippen LogP contribution in [0.4, 0.5) is 5.82 Å². The van der Waals surface area contributed by atoms with Crippen LogP contribution in [-0.2, 0) is 23.6 Å². The first-order valence-electron chi connectivity index (χ1n) is 5.69. The number of carbonyl (C=O) groups is 2.